The number of aromatic nitrogens is 2. The summed E-state index contributed by atoms with van der Waals surface area (Å²) >= 11 is 0. The molecule has 5 heteroatoms. The van der Waals surface area contributed by atoms with Crippen LogP contribution >= 0.6 is 0 Å². The van der Waals surface area contributed by atoms with Gasteiger partial charge in [-0.2, -0.15) is 0 Å². The van der Waals surface area contributed by atoms with Crippen molar-refractivity contribution >= 4 is 11.0 Å². The van der Waals surface area contributed by atoms with Gasteiger partial charge in [0.05, 0.1) is 11.0 Å². The first-order valence-electron chi connectivity index (χ1n) is 12.9. The summed E-state index contributed by atoms with van der Waals surface area (Å²) in [6, 6.07) is 17.9. The van der Waals surface area contributed by atoms with Gasteiger partial charge >= 0.3 is 5.69 Å². The molecule has 33 heavy (non-hydrogen) atoms. The lowest BCUT2D eigenvalue weighted by Crippen LogP contribution is -2.50. The van der Waals surface area contributed by atoms with Gasteiger partial charge in [-0.05, 0) is 68.3 Å². The first-order valence-corrected chi connectivity index (χ1v) is 12.9. The van der Waals surface area contributed by atoms with Crippen LogP contribution < -0.4 is 11.4 Å². The Kier molecular flexibility index (Phi) is 6.70. The second-order valence-corrected chi connectivity index (χ2v) is 10.1. The summed E-state index contributed by atoms with van der Waals surface area (Å²) in [5, 5.41) is 0. The minimum atomic E-state index is 0.0339. The molecule has 1 aliphatic carbocycles. The zero-order valence-electron chi connectivity index (χ0n) is 19.8. The van der Waals surface area contributed by atoms with Crippen molar-refractivity contribution in [2.24, 2.45) is 5.73 Å². The third kappa shape index (κ3) is 4.41. The van der Waals surface area contributed by atoms with Gasteiger partial charge in [-0.3, -0.25) is 9.47 Å². The molecule has 2 aliphatic rings. The molecular formula is C28H38N4O. The van der Waals surface area contributed by atoms with Crippen LogP contribution in [-0.2, 0) is 12.0 Å². The maximum absolute atomic E-state index is 13.0. The van der Waals surface area contributed by atoms with Crippen molar-refractivity contribution < 1.29 is 0 Å². The Hall–Kier alpha value is -2.37. The third-order valence-corrected chi connectivity index (χ3v) is 8.13. The fourth-order valence-corrected chi connectivity index (χ4v) is 6.40. The number of nitrogens with two attached hydrogens (primary N) is 1. The highest BCUT2D eigenvalue weighted by molar-refractivity contribution is 5.76. The van der Waals surface area contributed by atoms with E-state index >= 15 is 0 Å². The molecule has 5 rings (SSSR count). The van der Waals surface area contributed by atoms with Crippen LogP contribution in [-0.4, -0.2) is 34.1 Å². The van der Waals surface area contributed by atoms with Crippen LogP contribution in [0.2, 0.25) is 0 Å². The Labute approximate surface area is 197 Å². The fourth-order valence-electron chi connectivity index (χ4n) is 6.40. The molecule has 2 aromatic carbocycles. The monoisotopic (exact) mass is 446 g/mol. The quantitative estimate of drug-likeness (QED) is 0.517. The summed E-state index contributed by atoms with van der Waals surface area (Å²) in [7, 11) is 0. The number of benzene rings is 2. The highest BCUT2D eigenvalue weighted by Crippen LogP contribution is 2.43. The molecule has 2 fully saturated rings. The topological polar surface area (TPSA) is 67.0 Å². The van der Waals surface area contributed by atoms with Gasteiger partial charge < -0.3 is 10.7 Å². The number of imidazole rings is 1. The van der Waals surface area contributed by atoms with Gasteiger partial charge in [-0.25, -0.2) is 4.79 Å². The van der Waals surface area contributed by atoms with E-state index in [1.165, 1.54) is 49.7 Å². The van der Waals surface area contributed by atoms with Crippen molar-refractivity contribution in [2.45, 2.75) is 75.8 Å². The van der Waals surface area contributed by atoms with Crippen LogP contribution in [0.4, 0.5) is 0 Å². The zero-order valence-corrected chi connectivity index (χ0v) is 19.8. The van der Waals surface area contributed by atoms with Crippen molar-refractivity contribution in [2.75, 3.05) is 19.6 Å². The minimum absolute atomic E-state index is 0.0339. The number of aryl methyl sites for hydroxylation is 1. The van der Waals surface area contributed by atoms with Gasteiger partial charge in [0.2, 0.25) is 0 Å². The minimum Gasteiger partial charge on any atom is -0.330 e. The number of H-pyrrole nitrogens is 1. The van der Waals surface area contributed by atoms with E-state index < -0.39 is 0 Å². The fraction of sp³-hybridized carbons (Fsp3) is 0.536. The molecule has 2 heterocycles. The SMILES string of the molecule is NCCCc1ccc2c(c1)[nH]c(=O)n2C1CCN(C2(c3ccccc3)CCCCCC2)CC1. The maximum Gasteiger partial charge on any atom is 0.326 e. The number of hydrogen-bond donors (Lipinski definition) is 2. The third-order valence-electron chi connectivity index (χ3n) is 8.13. The lowest BCUT2D eigenvalue weighted by atomic mass is 9.79. The molecule has 0 bridgehead atoms. The van der Waals surface area contributed by atoms with Gasteiger partial charge in [0.25, 0.3) is 0 Å². The summed E-state index contributed by atoms with van der Waals surface area (Å²) in [4.78, 5) is 18.8. The average Bonchev–Trinajstić information content (AvgIpc) is 3.01. The first kappa shape index (κ1) is 22.4. The summed E-state index contributed by atoms with van der Waals surface area (Å²) in [5.41, 5.74) is 10.6. The van der Waals surface area contributed by atoms with Gasteiger partial charge in [0, 0.05) is 24.7 Å². The van der Waals surface area contributed by atoms with Gasteiger partial charge in [0.1, 0.15) is 0 Å². The summed E-state index contributed by atoms with van der Waals surface area (Å²) in [5.74, 6) is 0. The van der Waals surface area contributed by atoms with E-state index in [1.807, 2.05) is 4.57 Å². The Morgan fingerprint density at radius 1 is 0.970 bits per heavy atom. The zero-order chi connectivity index (χ0) is 22.7. The molecule has 0 atom stereocenters. The van der Waals surface area contributed by atoms with E-state index in [2.05, 4.69) is 58.4 Å². The van der Waals surface area contributed by atoms with E-state index in [4.69, 9.17) is 5.73 Å². The molecular weight excluding hydrogens is 408 g/mol. The summed E-state index contributed by atoms with van der Waals surface area (Å²) in [6.07, 6.45) is 11.8. The molecule has 1 aliphatic heterocycles. The van der Waals surface area contributed by atoms with Crippen molar-refractivity contribution in [1.29, 1.82) is 0 Å². The number of piperidine rings is 1. The molecule has 3 aromatic rings. The number of aromatic amines is 1. The molecule has 5 nitrogen and oxygen atoms in total. The number of nitrogens with zero attached hydrogens (tertiary/aromatic N) is 2. The van der Waals surface area contributed by atoms with Crippen LogP contribution in [0.1, 0.15) is 75.0 Å². The lowest BCUT2D eigenvalue weighted by molar-refractivity contribution is 0.0356. The first-order chi connectivity index (χ1) is 16.2. The largest absolute Gasteiger partial charge is 0.330 e. The second kappa shape index (κ2) is 9.86. The van der Waals surface area contributed by atoms with Crippen molar-refractivity contribution in [3.05, 3.63) is 70.1 Å². The van der Waals surface area contributed by atoms with E-state index in [0.29, 0.717) is 6.54 Å². The Morgan fingerprint density at radius 2 is 1.70 bits per heavy atom. The Morgan fingerprint density at radius 3 is 2.39 bits per heavy atom. The van der Waals surface area contributed by atoms with E-state index in [0.717, 1.165) is 49.8 Å². The average molecular weight is 447 g/mol. The molecule has 1 aromatic heterocycles. The second-order valence-electron chi connectivity index (χ2n) is 10.1. The maximum atomic E-state index is 13.0. The lowest BCUT2D eigenvalue weighted by Gasteiger charge is -2.47. The number of rotatable bonds is 6. The smallest absolute Gasteiger partial charge is 0.326 e. The van der Waals surface area contributed by atoms with Crippen LogP contribution in [0.25, 0.3) is 11.0 Å². The predicted molar refractivity (Wildman–Crippen MR) is 136 cm³/mol. The van der Waals surface area contributed by atoms with Crippen LogP contribution in [0.5, 0.6) is 0 Å². The molecule has 0 amide bonds. The van der Waals surface area contributed by atoms with Gasteiger partial charge in [-0.1, -0.05) is 62.1 Å². The van der Waals surface area contributed by atoms with E-state index in [1.54, 1.807) is 0 Å². The number of nitrogens with one attached hydrogen (secondary N) is 1. The Bertz CT molecular complexity index is 1100. The van der Waals surface area contributed by atoms with Crippen LogP contribution in [0.15, 0.2) is 53.3 Å². The van der Waals surface area contributed by atoms with Gasteiger partial charge in [0.15, 0.2) is 0 Å². The number of hydrogen-bond acceptors (Lipinski definition) is 3. The molecule has 3 N–H and O–H groups in total. The molecule has 176 valence electrons. The normalized spacial score (nSPS) is 20.2. The number of likely N-dealkylation sites (tertiary alicyclic amines) is 1. The van der Waals surface area contributed by atoms with E-state index in [9.17, 15) is 4.79 Å². The molecule has 0 radical (unpaired) electrons. The van der Waals surface area contributed by atoms with Crippen LogP contribution in [0.3, 0.4) is 0 Å². The highest BCUT2D eigenvalue weighted by atomic mass is 16.1. The van der Waals surface area contributed by atoms with Crippen molar-refractivity contribution in [1.82, 2.24) is 14.5 Å². The van der Waals surface area contributed by atoms with Crippen LogP contribution in [0, 0.1) is 0 Å². The summed E-state index contributed by atoms with van der Waals surface area (Å²) in [6.45, 7) is 2.79. The standard InChI is InChI=1S/C28H38N4O/c29-18-8-9-22-12-13-26-25(21-22)30-27(33)32(26)24-14-19-31(20-15-24)28(16-6-1-2-7-17-28)23-10-4-3-5-11-23/h3-5,10-13,21,24H,1-2,6-9,14-20,29H2,(H,30,33). The molecule has 1 saturated carbocycles. The molecule has 1 saturated heterocycles. The van der Waals surface area contributed by atoms with Crippen molar-refractivity contribution in [3.63, 3.8) is 0 Å². The number of fused-ring (bicyclic) bond motifs is 1. The van der Waals surface area contributed by atoms with Crippen molar-refractivity contribution in [3.8, 4) is 0 Å². The molecule has 0 unspecified atom stereocenters. The summed E-state index contributed by atoms with van der Waals surface area (Å²) < 4.78 is 2.03. The Balaban J connectivity index is 1.37. The van der Waals surface area contributed by atoms with Gasteiger partial charge in [-0.15, -0.1) is 0 Å². The van der Waals surface area contributed by atoms with E-state index in [-0.39, 0.29) is 17.3 Å². The predicted octanol–water partition coefficient (Wildman–Crippen LogP) is 5.11. The highest BCUT2D eigenvalue weighted by Gasteiger charge is 2.40. The molecule has 0 spiro atoms.